The van der Waals surface area contributed by atoms with Gasteiger partial charge >= 0.3 is 5.97 Å². The third-order valence-corrected chi connectivity index (χ3v) is 5.67. The molecular formula is C16H18N2O2S. The molecule has 110 valence electrons. The number of carbonyl (C=O) groups is 1. The fraction of sp³-hybridized carbons (Fsp3) is 0.375. The Morgan fingerprint density at radius 3 is 2.81 bits per heavy atom. The molecule has 5 heteroatoms. The van der Waals surface area contributed by atoms with Gasteiger partial charge in [0, 0.05) is 16.7 Å². The molecule has 0 unspecified atom stereocenters. The summed E-state index contributed by atoms with van der Waals surface area (Å²) in [5, 5.41) is 13.3. The zero-order valence-corrected chi connectivity index (χ0v) is 12.7. The van der Waals surface area contributed by atoms with Gasteiger partial charge in [-0.05, 0) is 43.4 Å². The van der Waals surface area contributed by atoms with Crippen molar-refractivity contribution in [3.8, 4) is 0 Å². The number of hydrogen-bond acceptors (Lipinski definition) is 4. The highest BCUT2D eigenvalue weighted by Gasteiger charge is 2.35. The Bertz CT molecular complexity index is 678. The molecule has 0 bridgehead atoms. The second-order valence-corrected chi connectivity index (χ2v) is 6.74. The summed E-state index contributed by atoms with van der Waals surface area (Å²) in [6.07, 6.45) is 5.96. The van der Waals surface area contributed by atoms with Gasteiger partial charge in [0.15, 0.2) is 0 Å². The first-order chi connectivity index (χ1) is 10.1. The molecule has 1 heterocycles. The molecule has 0 atom stereocenters. The summed E-state index contributed by atoms with van der Waals surface area (Å²) in [6.45, 7) is 0.908. The number of pyridine rings is 1. The van der Waals surface area contributed by atoms with E-state index in [-0.39, 0.29) is 0 Å². The topological polar surface area (TPSA) is 62.2 Å². The van der Waals surface area contributed by atoms with Crippen molar-refractivity contribution in [2.24, 2.45) is 0 Å². The summed E-state index contributed by atoms with van der Waals surface area (Å²) in [5.74, 6) is -0.107. The highest BCUT2D eigenvalue weighted by molar-refractivity contribution is 8.00. The lowest BCUT2D eigenvalue weighted by molar-refractivity contribution is 0.0699. The number of rotatable bonds is 5. The maximum absolute atomic E-state index is 11.2. The summed E-state index contributed by atoms with van der Waals surface area (Å²) in [5.41, 5.74) is 1.01. The van der Waals surface area contributed by atoms with Crippen molar-refractivity contribution in [2.45, 2.75) is 24.0 Å². The van der Waals surface area contributed by atoms with Crippen molar-refractivity contribution in [1.82, 2.24) is 4.98 Å². The fourth-order valence-corrected chi connectivity index (χ4v) is 3.63. The number of carboxylic acids is 1. The number of fused-ring (bicyclic) bond motifs is 1. The summed E-state index contributed by atoms with van der Waals surface area (Å²) < 4.78 is 0.347. The Balaban J connectivity index is 1.83. The number of nitrogens with one attached hydrogen (secondary N) is 1. The Morgan fingerprint density at radius 2 is 2.19 bits per heavy atom. The smallest absolute Gasteiger partial charge is 0.336 e. The minimum atomic E-state index is -0.918. The van der Waals surface area contributed by atoms with Gasteiger partial charge in [-0.2, -0.15) is 11.8 Å². The minimum absolute atomic E-state index is 0.297. The van der Waals surface area contributed by atoms with E-state index < -0.39 is 5.97 Å². The van der Waals surface area contributed by atoms with E-state index in [0.717, 1.165) is 12.4 Å². The lowest BCUT2D eigenvalue weighted by Crippen LogP contribution is -2.40. The normalized spacial score (nSPS) is 16.4. The predicted octanol–water partition coefficient (Wildman–Crippen LogP) is 3.63. The van der Waals surface area contributed by atoms with Gasteiger partial charge < -0.3 is 10.4 Å². The van der Waals surface area contributed by atoms with Crippen LogP contribution in [0.2, 0.25) is 0 Å². The van der Waals surface area contributed by atoms with E-state index in [4.69, 9.17) is 0 Å². The van der Waals surface area contributed by atoms with Gasteiger partial charge in [-0.1, -0.05) is 12.5 Å². The molecule has 21 heavy (non-hydrogen) atoms. The summed E-state index contributed by atoms with van der Waals surface area (Å²) in [4.78, 5) is 15.7. The standard InChI is InChI=1S/C16H18N2O2S/c1-21-16(8-3-9-16)10-17-14-7-6-11-12(15(19)20)4-2-5-13(11)18-14/h2,4-7H,3,8-10H2,1H3,(H,17,18)(H,19,20). The highest BCUT2D eigenvalue weighted by Crippen LogP contribution is 2.42. The molecule has 1 aliphatic carbocycles. The van der Waals surface area contributed by atoms with E-state index in [1.54, 1.807) is 12.1 Å². The summed E-state index contributed by atoms with van der Waals surface area (Å²) >= 11 is 1.92. The molecule has 0 saturated heterocycles. The van der Waals surface area contributed by atoms with Crippen LogP contribution in [0.15, 0.2) is 30.3 Å². The highest BCUT2D eigenvalue weighted by atomic mass is 32.2. The van der Waals surface area contributed by atoms with Crippen LogP contribution >= 0.6 is 11.8 Å². The van der Waals surface area contributed by atoms with Crippen LogP contribution in [0.3, 0.4) is 0 Å². The number of anilines is 1. The molecule has 2 aromatic rings. The molecule has 1 aliphatic rings. The van der Waals surface area contributed by atoms with E-state index in [0.29, 0.717) is 21.2 Å². The first kappa shape index (κ1) is 14.2. The number of hydrogen-bond donors (Lipinski definition) is 2. The van der Waals surface area contributed by atoms with Crippen LogP contribution in [0.4, 0.5) is 5.82 Å². The third-order valence-electron chi connectivity index (χ3n) is 4.25. The van der Waals surface area contributed by atoms with E-state index in [1.807, 2.05) is 30.0 Å². The lowest BCUT2D eigenvalue weighted by Gasteiger charge is -2.40. The van der Waals surface area contributed by atoms with Gasteiger partial charge in [0.05, 0.1) is 11.1 Å². The second kappa shape index (κ2) is 5.56. The molecule has 1 saturated carbocycles. The number of thioether (sulfide) groups is 1. The molecule has 1 aromatic heterocycles. The molecule has 4 nitrogen and oxygen atoms in total. The van der Waals surface area contributed by atoms with Crippen LogP contribution < -0.4 is 5.32 Å². The van der Waals surface area contributed by atoms with Crippen molar-refractivity contribution in [3.05, 3.63) is 35.9 Å². The van der Waals surface area contributed by atoms with Gasteiger partial charge in [0.2, 0.25) is 0 Å². The quantitative estimate of drug-likeness (QED) is 0.883. The van der Waals surface area contributed by atoms with Crippen molar-refractivity contribution >= 4 is 34.5 Å². The average Bonchev–Trinajstić information content (AvgIpc) is 2.45. The number of carboxylic acid groups (broad SMARTS) is 1. The fourth-order valence-electron chi connectivity index (χ4n) is 2.72. The van der Waals surface area contributed by atoms with Gasteiger partial charge in [-0.3, -0.25) is 0 Å². The zero-order valence-electron chi connectivity index (χ0n) is 11.9. The number of aromatic carboxylic acids is 1. The molecule has 0 radical (unpaired) electrons. The van der Waals surface area contributed by atoms with E-state index >= 15 is 0 Å². The molecule has 0 aliphatic heterocycles. The molecule has 2 N–H and O–H groups in total. The maximum atomic E-state index is 11.2. The lowest BCUT2D eigenvalue weighted by atomic mass is 9.84. The molecule has 0 spiro atoms. The predicted molar refractivity (Wildman–Crippen MR) is 87.3 cm³/mol. The van der Waals surface area contributed by atoms with Gasteiger partial charge in [0.25, 0.3) is 0 Å². The van der Waals surface area contributed by atoms with E-state index in [9.17, 15) is 9.90 Å². The number of nitrogens with zero attached hydrogens (tertiary/aromatic N) is 1. The monoisotopic (exact) mass is 302 g/mol. The number of benzene rings is 1. The first-order valence-electron chi connectivity index (χ1n) is 7.06. The Hall–Kier alpha value is -1.75. The largest absolute Gasteiger partial charge is 0.478 e. The van der Waals surface area contributed by atoms with Crippen LogP contribution in [0.1, 0.15) is 29.6 Å². The second-order valence-electron chi connectivity index (χ2n) is 5.47. The van der Waals surface area contributed by atoms with Gasteiger partial charge in [-0.25, -0.2) is 9.78 Å². The SMILES string of the molecule is CSC1(CNc2ccc3c(C(=O)O)cccc3n2)CCC1. The summed E-state index contributed by atoms with van der Waals surface area (Å²) in [6, 6.07) is 8.89. The van der Waals surface area contributed by atoms with E-state index in [2.05, 4.69) is 16.6 Å². The molecule has 3 rings (SSSR count). The minimum Gasteiger partial charge on any atom is -0.478 e. The van der Waals surface area contributed by atoms with Crippen molar-refractivity contribution in [1.29, 1.82) is 0 Å². The molecular weight excluding hydrogens is 284 g/mol. The van der Waals surface area contributed by atoms with Crippen molar-refractivity contribution in [2.75, 3.05) is 18.1 Å². The van der Waals surface area contributed by atoms with Gasteiger partial charge in [-0.15, -0.1) is 0 Å². The molecule has 0 amide bonds. The van der Waals surface area contributed by atoms with Gasteiger partial charge in [0.1, 0.15) is 5.82 Å². The Labute approximate surface area is 128 Å². The van der Waals surface area contributed by atoms with Crippen LogP contribution in [-0.4, -0.2) is 33.6 Å². The van der Waals surface area contributed by atoms with Crippen LogP contribution in [-0.2, 0) is 0 Å². The maximum Gasteiger partial charge on any atom is 0.336 e. The summed E-state index contributed by atoms with van der Waals surface area (Å²) in [7, 11) is 0. The van der Waals surface area contributed by atoms with Crippen LogP contribution in [0.5, 0.6) is 0 Å². The first-order valence-corrected chi connectivity index (χ1v) is 8.28. The van der Waals surface area contributed by atoms with Crippen LogP contribution in [0.25, 0.3) is 10.9 Å². The van der Waals surface area contributed by atoms with Crippen molar-refractivity contribution in [3.63, 3.8) is 0 Å². The molecule has 1 aromatic carbocycles. The van der Waals surface area contributed by atoms with Crippen molar-refractivity contribution < 1.29 is 9.90 Å². The Kier molecular flexibility index (Phi) is 3.76. The van der Waals surface area contributed by atoms with E-state index in [1.165, 1.54) is 19.3 Å². The number of aromatic nitrogens is 1. The Morgan fingerprint density at radius 1 is 1.38 bits per heavy atom. The average molecular weight is 302 g/mol. The van der Waals surface area contributed by atoms with Crippen LogP contribution in [0, 0.1) is 0 Å². The third kappa shape index (κ3) is 2.70. The zero-order chi connectivity index (χ0) is 14.9. The molecule has 1 fully saturated rings.